The number of nitrogens with one attached hydrogen (secondary N) is 2. The van der Waals surface area contributed by atoms with Crippen LogP contribution in [0.15, 0.2) is 42.6 Å². The second kappa shape index (κ2) is 9.61. The van der Waals surface area contributed by atoms with E-state index in [1.807, 2.05) is 42.6 Å². The molecule has 7 nitrogen and oxygen atoms in total. The maximum absolute atomic E-state index is 12.2. The SMILES string of the molecule is COc1cccc(CNC(=O)NCCc2nc3cccnc3n2C2CCCCC2)c1. The van der Waals surface area contributed by atoms with Crippen LogP contribution in [0.3, 0.4) is 0 Å². The summed E-state index contributed by atoms with van der Waals surface area (Å²) >= 11 is 0. The number of fused-ring (bicyclic) bond motifs is 1. The summed E-state index contributed by atoms with van der Waals surface area (Å²) in [7, 11) is 1.63. The van der Waals surface area contributed by atoms with E-state index in [2.05, 4.69) is 20.2 Å². The molecule has 0 radical (unpaired) electrons. The van der Waals surface area contributed by atoms with Crippen LogP contribution in [0.5, 0.6) is 5.75 Å². The van der Waals surface area contributed by atoms with Crippen molar-refractivity contribution in [1.29, 1.82) is 0 Å². The highest BCUT2D eigenvalue weighted by Crippen LogP contribution is 2.31. The number of imidazole rings is 1. The van der Waals surface area contributed by atoms with Crippen molar-refractivity contribution in [1.82, 2.24) is 25.2 Å². The van der Waals surface area contributed by atoms with Crippen LogP contribution in [0.2, 0.25) is 0 Å². The van der Waals surface area contributed by atoms with Gasteiger partial charge in [-0.3, -0.25) is 0 Å². The van der Waals surface area contributed by atoms with Crippen molar-refractivity contribution < 1.29 is 9.53 Å². The number of hydrogen-bond donors (Lipinski definition) is 2. The van der Waals surface area contributed by atoms with Crippen molar-refractivity contribution in [3.63, 3.8) is 0 Å². The van der Waals surface area contributed by atoms with E-state index in [1.54, 1.807) is 7.11 Å². The molecular weight excluding hydrogens is 378 g/mol. The van der Waals surface area contributed by atoms with Crippen LogP contribution in [-0.2, 0) is 13.0 Å². The average Bonchev–Trinajstić information content (AvgIpc) is 3.16. The fraction of sp³-hybridized carbons (Fsp3) is 0.435. The minimum atomic E-state index is -0.184. The molecule has 4 rings (SSSR count). The maximum Gasteiger partial charge on any atom is 0.315 e. The number of ether oxygens (including phenoxy) is 1. The fourth-order valence-electron chi connectivity index (χ4n) is 4.19. The van der Waals surface area contributed by atoms with Crippen LogP contribution in [-0.4, -0.2) is 34.2 Å². The Morgan fingerprint density at radius 2 is 2.03 bits per heavy atom. The number of carbonyl (C=O) groups is 1. The molecule has 2 aromatic heterocycles. The minimum absolute atomic E-state index is 0.184. The predicted molar refractivity (Wildman–Crippen MR) is 117 cm³/mol. The van der Waals surface area contributed by atoms with Crippen LogP contribution >= 0.6 is 0 Å². The largest absolute Gasteiger partial charge is 0.497 e. The predicted octanol–water partition coefficient (Wildman–Crippen LogP) is 3.99. The zero-order valence-corrected chi connectivity index (χ0v) is 17.4. The van der Waals surface area contributed by atoms with Crippen molar-refractivity contribution in [2.24, 2.45) is 0 Å². The van der Waals surface area contributed by atoms with Crippen LogP contribution < -0.4 is 15.4 Å². The molecule has 2 N–H and O–H groups in total. The molecule has 0 aliphatic heterocycles. The quantitative estimate of drug-likeness (QED) is 0.621. The number of hydrogen-bond acceptors (Lipinski definition) is 4. The summed E-state index contributed by atoms with van der Waals surface area (Å²) in [4.78, 5) is 21.6. The average molecular weight is 408 g/mol. The molecule has 1 fully saturated rings. The molecule has 158 valence electrons. The summed E-state index contributed by atoms with van der Waals surface area (Å²) in [5, 5.41) is 5.85. The smallest absolute Gasteiger partial charge is 0.315 e. The highest BCUT2D eigenvalue weighted by Gasteiger charge is 2.21. The lowest BCUT2D eigenvalue weighted by Gasteiger charge is -2.25. The van der Waals surface area contributed by atoms with Crippen molar-refractivity contribution >= 4 is 17.2 Å². The van der Waals surface area contributed by atoms with Crippen LogP contribution in [0, 0.1) is 0 Å². The number of aromatic nitrogens is 3. The Balaban J connectivity index is 1.35. The van der Waals surface area contributed by atoms with Gasteiger partial charge in [-0.05, 0) is 42.7 Å². The lowest BCUT2D eigenvalue weighted by Crippen LogP contribution is -2.36. The van der Waals surface area contributed by atoms with E-state index in [0.29, 0.717) is 25.6 Å². The lowest BCUT2D eigenvalue weighted by atomic mass is 9.95. The summed E-state index contributed by atoms with van der Waals surface area (Å²) in [5.41, 5.74) is 2.89. The van der Waals surface area contributed by atoms with Crippen molar-refractivity contribution in [2.75, 3.05) is 13.7 Å². The van der Waals surface area contributed by atoms with Crippen molar-refractivity contribution in [2.45, 2.75) is 51.1 Å². The Bertz CT molecular complexity index is 994. The van der Waals surface area contributed by atoms with Gasteiger partial charge in [0.15, 0.2) is 5.65 Å². The molecule has 0 saturated heterocycles. The number of rotatable bonds is 7. The molecule has 7 heteroatoms. The van der Waals surface area contributed by atoms with Gasteiger partial charge >= 0.3 is 6.03 Å². The lowest BCUT2D eigenvalue weighted by molar-refractivity contribution is 0.240. The molecule has 2 amide bonds. The molecule has 1 aromatic carbocycles. The summed E-state index contributed by atoms with van der Waals surface area (Å²) in [6.45, 7) is 0.980. The Labute approximate surface area is 176 Å². The van der Waals surface area contributed by atoms with E-state index in [0.717, 1.165) is 28.3 Å². The third kappa shape index (κ3) is 4.72. The fourth-order valence-corrected chi connectivity index (χ4v) is 4.19. The van der Waals surface area contributed by atoms with Crippen molar-refractivity contribution in [3.05, 3.63) is 54.0 Å². The van der Waals surface area contributed by atoms with Gasteiger partial charge in [0.05, 0.1) is 7.11 Å². The molecule has 1 aliphatic rings. The molecular formula is C23H29N5O2. The first-order valence-electron chi connectivity index (χ1n) is 10.7. The second-order valence-corrected chi connectivity index (χ2v) is 7.75. The molecule has 0 bridgehead atoms. The number of pyridine rings is 1. The minimum Gasteiger partial charge on any atom is -0.497 e. The number of benzene rings is 1. The van der Waals surface area contributed by atoms with Gasteiger partial charge in [0.25, 0.3) is 0 Å². The van der Waals surface area contributed by atoms with Gasteiger partial charge in [-0.2, -0.15) is 0 Å². The zero-order valence-electron chi connectivity index (χ0n) is 17.4. The molecule has 3 aromatic rings. The number of amides is 2. The van der Waals surface area contributed by atoms with Crippen molar-refractivity contribution in [3.8, 4) is 5.75 Å². The van der Waals surface area contributed by atoms with E-state index in [9.17, 15) is 4.79 Å². The Morgan fingerprint density at radius 1 is 1.17 bits per heavy atom. The Hall–Kier alpha value is -3.09. The summed E-state index contributed by atoms with van der Waals surface area (Å²) in [6.07, 6.45) is 8.66. The Kier molecular flexibility index (Phi) is 6.47. The monoisotopic (exact) mass is 407 g/mol. The number of carbonyl (C=O) groups excluding carboxylic acids is 1. The van der Waals surface area contributed by atoms with E-state index < -0.39 is 0 Å². The third-order valence-corrected chi connectivity index (χ3v) is 5.68. The zero-order chi connectivity index (χ0) is 20.8. The van der Waals surface area contributed by atoms with Crippen LogP contribution in [0.4, 0.5) is 4.79 Å². The standard InChI is InChI=1S/C23H29N5O2/c1-30-19-10-5-7-17(15-19)16-26-23(29)25-14-12-21-27-20-11-6-13-24-22(20)28(21)18-8-3-2-4-9-18/h5-7,10-11,13,15,18H,2-4,8-9,12,14,16H2,1H3,(H2,25,26,29). The molecule has 0 atom stereocenters. The van der Waals surface area contributed by atoms with Gasteiger partial charge in [-0.25, -0.2) is 14.8 Å². The van der Waals surface area contributed by atoms with Gasteiger partial charge in [0, 0.05) is 31.7 Å². The first-order chi connectivity index (χ1) is 14.7. The highest BCUT2D eigenvalue weighted by atomic mass is 16.5. The van der Waals surface area contributed by atoms with E-state index in [-0.39, 0.29) is 6.03 Å². The van der Waals surface area contributed by atoms with E-state index in [1.165, 1.54) is 32.1 Å². The normalized spacial score (nSPS) is 14.6. The summed E-state index contributed by atoms with van der Waals surface area (Å²) in [5.74, 6) is 1.79. The number of nitrogens with zero attached hydrogens (tertiary/aromatic N) is 3. The van der Waals surface area contributed by atoms with E-state index >= 15 is 0 Å². The van der Waals surface area contributed by atoms with Gasteiger partial charge in [-0.1, -0.05) is 31.4 Å². The molecule has 1 saturated carbocycles. The second-order valence-electron chi connectivity index (χ2n) is 7.75. The van der Waals surface area contributed by atoms with Gasteiger partial charge in [-0.15, -0.1) is 0 Å². The van der Waals surface area contributed by atoms with Crippen LogP contribution in [0.1, 0.15) is 49.5 Å². The number of methoxy groups -OCH3 is 1. The van der Waals surface area contributed by atoms with Crippen LogP contribution in [0.25, 0.3) is 11.2 Å². The summed E-state index contributed by atoms with van der Waals surface area (Å²) < 4.78 is 7.53. The topological polar surface area (TPSA) is 81.1 Å². The first kappa shape index (κ1) is 20.2. The first-order valence-corrected chi connectivity index (χ1v) is 10.7. The summed E-state index contributed by atoms with van der Waals surface area (Å²) in [6, 6.07) is 11.9. The van der Waals surface area contributed by atoms with Gasteiger partial charge < -0.3 is 19.9 Å². The van der Waals surface area contributed by atoms with Gasteiger partial charge in [0.1, 0.15) is 17.1 Å². The molecule has 0 unspecified atom stereocenters. The maximum atomic E-state index is 12.2. The molecule has 1 aliphatic carbocycles. The third-order valence-electron chi connectivity index (χ3n) is 5.68. The molecule has 2 heterocycles. The number of urea groups is 1. The highest BCUT2D eigenvalue weighted by molar-refractivity contribution is 5.74. The molecule has 30 heavy (non-hydrogen) atoms. The van der Waals surface area contributed by atoms with Gasteiger partial charge in [0.2, 0.25) is 0 Å². The Morgan fingerprint density at radius 3 is 2.87 bits per heavy atom. The molecule has 0 spiro atoms. The van der Waals surface area contributed by atoms with E-state index in [4.69, 9.17) is 9.72 Å².